The van der Waals surface area contributed by atoms with Crippen molar-refractivity contribution in [2.75, 3.05) is 38.1 Å². The Balaban J connectivity index is 1.64. The van der Waals surface area contributed by atoms with E-state index < -0.39 is 0 Å². The van der Waals surface area contributed by atoms with Gasteiger partial charge in [-0.15, -0.1) is 0 Å². The van der Waals surface area contributed by atoms with Gasteiger partial charge in [0.05, 0.1) is 19.3 Å². The molecule has 1 atom stereocenters. The first-order valence-corrected chi connectivity index (χ1v) is 11.0. The smallest absolute Gasteiger partial charge is 0.322 e. The van der Waals surface area contributed by atoms with Gasteiger partial charge in [-0.25, -0.2) is 4.79 Å². The number of amides is 3. The number of nitrogens with zero attached hydrogens (tertiary/aromatic N) is 2. The fourth-order valence-electron chi connectivity index (χ4n) is 3.59. The van der Waals surface area contributed by atoms with Gasteiger partial charge < -0.3 is 19.9 Å². The van der Waals surface area contributed by atoms with E-state index in [-0.39, 0.29) is 18.0 Å². The third-order valence-electron chi connectivity index (χ3n) is 5.10. The standard InChI is InChI=1S/C24H30ClN3O3/c1-17(2)14-28(23(29)19-9-7-18(3)8-10-19)16-22-15-27(11-12-31-22)24(30)26-21-6-4-5-20(25)13-21/h4-10,13,17,22H,11-12,14-16H2,1-3H3,(H,26,30). The maximum absolute atomic E-state index is 13.1. The molecule has 7 heteroatoms. The molecule has 0 bridgehead atoms. The van der Waals surface area contributed by atoms with Crippen LogP contribution in [0.15, 0.2) is 48.5 Å². The van der Waals surface area contributed by atoms with Crippen LogP contribution in [0.25, 0.3) is 0 Å². The van der Waals surface area contributed by atoms with Crippen molar-refractivity contribution in [2.45, 2.75) is 26.9 Å². The monoisotopic (exact) mass is 443 g/mol. The number of nitrogens with one attached hydrogen (secondary N) is 1. The Kier molecular flexibility index (Phi) is 7.93. The van der Waals surface area contributed by atoms with Gasteiger partial charge in [0.15, 0.2) is 0 Å². The van der Waals surface area contributed by atoms with Crippen LogP contribution < -0.4 is 5.32 Å². The second-order valence-corrected chi connectivity index (χ2v) is 8.79. The van der Waals surface area contributed by atoms with E-state index in [2.05, 4.69) is 19.2 Å². The molecular weight excluding hydrogens is 414 g/mol. The summed E-state index contributed by atoms with van der Waals surface area (Å²) in [6.07, 6.45) is -0.244. The molecule has 0 spiro atoms. The highest BCUT2D eigenvalue weighted by molar-refractivity contribution is 6.30. The molecule has 31 heavy (non-hydrogen) atoms. The predicted molar refractivity (Wildman–Crippen MR) is 124 cm³/mol. The molecule has 6 nitrogen and oxygen atoms in total. The minimum Gasteiger partial charge on any atom is -0.373 e. The van der Waals surface area contributed by atoms with Crippen molar-refractivity contribution in [1.29, 1.82) is 0 Å². The van der Waals surface area contributed by atoms with Crippen LogP contribution in [0, 0.1) is 12.8 Å². The van der Waals surface area contributed by atoms with Gasteiger partial charge in [-0.1, -0.05) is 49.2 Å². The molecule has 3 rings (SSSR count). The van der Waals surface area contributed by atoms with Crippen LogP contribution in [0.5, 0.6) is 0 Å². The highest BCUT2D eigenvalue weighted by Crippen LogP contribution is 2.17. The number of aryl methyl sites for hydroxylation is 1. The van der Waals surface area contributed by atoms with Gasteiger partial charge in [-0.2, -0.15) is 0 Å². The SMILES string of the molecule is Cc1ccc(C(=O)N(CC(C)C)CC2CN(C(=O)Nc3cccc(Cl)c3)CCO2)cc1. The zero-order chi connectivity index (χ0) is 22.4. The van der Waals surface area contributed by atoms with Crippen molar-refractivity contribution in [3.63, 3.8) is 0 Å². The fourth-order valence-corrected chi connectivity index (χ4v) is 3.78. The van der Waals surface area contributed by atoms with E-state index in [0.717, 1.165) is 5.56 Å². The van der Waals surface area contributed by atoms with Crippen LogP contribution in [0.4, 0.5) is 10.5 Å². The lowest BCUT2D eigenvalue weighted by Gasteiger charge is -2.36. The molecule has 0 saturated carbocycles. The number of ether oxygens (including phenoxy) is 1. The summed E-state index contributed by atoms with van der Waals surface area (Å²) in [6.45, 7) is 8.58. The second-order valence-electron chi connectivity index (χ2n) is 8.35. The van der Waals surface area contributed by atoms with E-state index >= 15 is 0 Å². The maximum Gasteiger partial charge on any atom is 0.322 e. The van der Waals surface area contributed by atoms with Gasteiger partial charge in [0.1, 0.15) is 0 Å². The van der Waals surface area contributed by atoms with E-state index in [0.29, 0.717) is 55.0 Å². The Morgan fingerprint density at radius 3 is 2.65 bits per heavy atom. The van der Waals surface area contributed by atoms with Gasteiger partial charge in [-0.05, 0) is 43.2 Å². The van der Waals surface area contributed by atoms with Gasteiger partial charge >= 0.3 is 6.03 Å². The Hall–Kier alpha value is -2.57. The molecule has 3 amide bonds. The van der Waals surface area contributed by atoms with E-state index in [1.54, 1.807) is 29.2 Å². The van der Waals surface area contributed by atoms with Crippen molar-refractivity contribution in [2.24, 2.45) is 5.92 Å². The summed E-state index contributed by atoms with van der Waals surface area (Å²) >= 11 is 6.00. The van der Waals surface area contributed by atoms with Crippen LogP contribution in [0.3, 0.4) is 0 Å². The number of benzene rings is 2. The van der Waals surface area contributed by atoms with Crippen LogP contribution in [-0.2, 0) is 4.74 Å². The van der Waals surface area contributed by atoms with Crippen molar-refractivity contribution >= 4 is 29.2 Å². The summed E-state index contributed by atoms with van der Waals surface area (Å²) in [5.74, 6) is 0.304. The summed E-state index contributed by atoms with van der Waals surface area (Å²) in [7, 11) is 0. The third-order valence-corrected chi connectivity index (χ3v) is 5.33. The largest absolute Gasteiger partial charge is 0.373 e. The zero-order valence-corrected chi connectivity index (χ0v) is 19.1. The number of rotatable bonds is 6. The first-order chi connectivity index (χ1) is 14.8. The number of carbonyl (C=O) groups is 2. The molecule has 1 heterocycles. The summed E-state index contributed by atoms with van der Waals surface area (Å²) in [5.41, 5.74) is 2.43. The van der Waals surface area contributed by atoms with Crippen LogP contribution in [0.2, 0.25) is 5.02 Å². The van der Waals surface area contributed by atoms with Crippen LogP contribution >= 0.6 is 11.6 Å². The van der Waals surface area contributed by atoms with Gasteiger partial charge in [0.25, 0.3) is 5.91 Å². The number of anilines is 1. The van der Waals surface area contributed by atoms with E-state index in [4.69, 9.17) is 16.3 Å². The predicted octanol–water partition coefficient (Wildman–Crippen LogP) is 4.68. The fraction of sp³-hybridized carbons (Fsp3) is 0.417. The van der Waals surface area contributed by atoms with Crippen molar-refractivity contribution in [3.05, 3.63) is 64.7 Å². The second kappa shape index (κ2) is 10.6. The molecule has 1 N–H and O–H groups in total. The van der Waals surface area contributed by atoms with E-state index in [9.17, 15) is 9.59 Å². The lowest BCUT2D eigenvalue weighted by atomic mass is 10.1. The minimum absolute atomic E-state index is 0.0159. The molecule has 2 aromatic rings. The quantitative estimate of drug-likeness (QED) is 0.705. The third kappa shape index (κ3) is 6.71. The highest BCUT2D eigenvalue weighted by Gasteiger charge is 2.28. The van der Waals surface area contributed by atoms with Gasteiger partial charge in [-0.3, -0.25) is 4.79 Å². The van der Waals surface area contributed by atoms with Crippen LogP contribution in [-0.4, -0.2) is 60.6 Å². The first-order valence-electron chi connectivity index (χ1n) is 10.6. The number of carbonyl (C=O) groups excluding carboxylic acids is 2. The molecular formula is C24H30ClN3O3. The average Bonchev–Trinajstić information content (AvgIpc) is 2.73. The molecule has 2 aromatic carbocycles. The normalized spacial score (nSPS) is 16.3. The van der Waals surface area contributed by atoms with Gasteiger partial charge in [0, 0.05) is 35.9 Å². The lowest BCUT2D eigenvalue weighted by molar-refractivity contribution is -0.0272. The Bertz CT molecular complexity index is 901. The van der Waals surface area contributed by atoms with E-state index in [1.165, 1.54) is 0 Å². The molecule has 0 aromatic heterocycles. The summed E-state index contributed by atoms with van der Waals surface area (Å²) in [4.78, 5) is 29.4. The number of hydrogen-bond donors (Lipinski definition) is 1. The molecule has 1 aliphatic heterocycles. The minimum atomic E-state index is -0.244. The number of morpholine rings is 1. The Morgan fingerprint density at radius 2 is 1.97 bits per heavy atom. The molecule has 166 valence electrons. The molecule has 0 radical (unpaired) electrons. The topological polar surface area (TPSA) is 61.9 Å². The lowest BCUT2D eigenvalue weighted by Crippen LogP contribution is -2.52. The number of halogens is 1. The molecule has 1 saturated heterocycles. The summed E-state index contributed by atoms with van der Waals surface area (Å²) < 4.78 is 5.91. The molecule has 1 fully saturated rings. The summed E-state index contributed by atoms with van der Waals surface area (Å²) in [6, 6.07) is 14.5. The van der Waals surface area contributed by atoms with Crippen LogP contribution in [0.1, 0.15) is 29.8 Å². The summed E-state index contributed by atoms with van der Waals surface area (Å²) in [5, 5.41) is 3.45. The Morgan fingerprint density at radius 1 is 1.23 bits per heavy atom. The molecule has 0 aliphatic carbocycles. The highest BCUT2D eigenvalue weighted by atomic mass is 35.5. The Labute approximate surface area is 189 Å². The first kappa shape index (κ1) is 23.1. The molecule has 1 aliphatic rings. The van der Waals surface area contributed by atoms with Crippen molar-refractivity contribution < 1.29 is 14.3 Å². The van der Waals surface area contributed by atoms with Crippen molar-refractivity contribution in [1.82, 2.24) is 9.80 Å². The number of urea groups is 1. The van der Waals surface area contributed by atoms with Crippen molar-refractivity contribution in [3.8, 4) is 0 Å². The number of hydrogen-bond acceptors (Lipinski definition) is 3. The van der Waals surface area contributed by atoms with Gasteiger partial charge in [0.2, 0.25) is 0 Å². The maximum atomic E-state index is 13.1. The average molecular weight is 444 g/mol. The molecule has 1 unspecified atom stereocenters. The zero-order valence-electron chi connectivity index (χ0n) is 18.3. The van der Waals surface area contributed by atoms with E-state index in [1.807, 2.05) is 36.1 Å².